The number of carbonyl (C=O) groups excluding carboxylic acids is 2. The summed E-state index contributed by atoms with van der Waals surface area (Å²) in [7, 11) is 0. The quantitative estimate of drug-likeness (QED) is 0.318. The molecule has 4 unspecified atom stereocenters. The van der Waals surface area contributed by atoms with Gasteiger partial charge in [0.05, 0.1) is 6.10 Å². The van der Waals surface area contributed by atoms with E-state index in [1.165, 1.54) is 19.1 Å². The lowest BCUT2D eigenvalue weighted by Gasteiger charge is -2.24. The molecular formula is C19H29N3O6. The summed E-state index contributed by atoms with van der Waals surface area (Å²) in [6.45, 7) is 5.07. The lowest BCUT2D eigenvalue weighted by atomic mass is 10.0. The molecule has 1 aromatic rings. The molecule has 28 heavy (non-hydrogen) atoms. The molecule has 0 aliphatic rings. The van der Waals surface area contributed by atoms with Gasteiger partial charge in [0, 0.05) is 6.42 Å². The summed E-state index contributed by atoms with van der Waals surface area (Å²) in [6, 6.07) is 2.58. The Hall–Kier alpha value is -2.65. The Morgan fingerprint density at radius 1 is 1.00 bits per heavy atom. The lowest BCUT2D eigenvalue weighted by molar-refractivity contribution is -0.142. The normalized spacial score (nSPS) is 15.4. The van der Waals surface area contributed by atoms with Gasteiger partial charge in [-0.05, 0) is 37.0 Å². The maximum Gasteiger partial charge on any atom is 0.326 e. The number of phenolic OH excluding ortho intramolecular Hbond substituents is 1. The second-order valence-corrected chi connectivity index (χ2v) is 7.23. The van der Waals surface area contributed by atoms with Crippen LogP contribution in [0.1, 0.15) is 32.8 Å². The van der Waals surface area contributed by atoms with Crippen molar-refractivity contribution < 1.29 is 29.7 Å². The molecule has 0 spiro atoms. The molecule has 4 atom stereocenters. The van der Waals surface area contributed by atoms with Crippen molar-refractivity contribution in [3.8, 4) is 5.75 Å². The standard InChI is InChI=1S/C19H29N3O6/c1-10(2)8-14(21-18(26)16(20)11(3)23)17(25)22-15(19(27)28)9-12-4-6-13(24)7-5-12/h4-7,10-11,14-16,23-24H,8-9,20H2,1-3H3,(H,21,26)(H,22,25)(H,27,28). The van der Waals surface area contributed by atoms with Gasteiger partial charge < -0.3 is 31.7 Å². The second-order valence-electron chi connectivity index (χ2n) is 7.23. The van der Waals surface area contributed by atoms with Crippen LogP contribution in [0.3, 0.4) is 0 Å². The largest absolute Gasteiger partial charge is 0.508 e. The number of carboxylic acids is 1. The summed E-state index contributed by atoms with van der Waals surface area (Å²) >= 11 is 0. The summed E-state index contributed by atoms with van der Waals surface area (Å²) < 4.78 is 0. The Morgan fingerprint density at radius 2 is 1.54 bits per heavy atom. The van der Waals surface area contributed by atoms with Crippen LogP contribution in [0.15, 0.2) is 24.3 Å². The highest BCUT2D eigenvalue weighted by Gasteiger charge is 2.29. The van der Waals surface area contributed by atoms with E-state index in [1.807, 2.05) is 13.8 Å². The van der Waals surface area contributed by atoms with Crippen molar-refractivity contribution in [2.45, 2.75) is 57.8 Å². The molecule has 7 N–H and O–H groups in total. The zero-order chi connectivity index (χ0) is 21.4. The van der Waals surface area contributed by atoms with Crippen molar-refractivity contribution in [2.24, 2.45) is 11.7 Å². The number of aliphatic hydroxyl groups is 1. The number of carboxylic acid groups (broad SMARTS) is 1. The fourth-order valence-electron chi connectivity index (χ4n) is 2.53. The minimum atomic E-state index is -1.23. The first kappa shape index (κ1) is 23.4. The average Bonchev–Trinajstić information content (AvgIpc) is 2.60. The predicted octanol–water partition coefficient (Wildman–Crippen LogP) is -0.257. The van der Waals surface area contributed by atoms with Crippen molar-refractivity contribution in [3.05, 3.63) is 29.8 Å². The topological polar surface area (TPSA) is 162 Å². The third kappa shape index (κ3) is 7.53. The number of hydrogen-bond acceptors (Lipinski definition) is 6. The van der Waals surface area contributed by atoms with Crippen LogP contribution in [0.25, 0.3) is 0 Å². The van der Waals surface area contributed by atoms with Crippen LogP contribution in [0, 0.1) is 5.92 Å². The molecular weight excluding hydrogens is 366 g/mol. The Balaban J connectivity index is 2.88. The fourth-order valence-corrected chi connectivity index (χ4v) is 2.53. The van der Waals surface area contributed by atoms with Crippen LogP contribution >= 0.6 is 0 Å². The monoisotopic (exact) mass is 395 g/mol. The van der Waals surface area contributed by atoms with Gasteiger partial charge in [0.25, 0.3) is 0 Å². The van der Waals surface area contributed by atoms with Crippen LogP contribution in [-0.2, 0) is 20.8 Å². The number of nitrogens with one attached hydrogen (secondary N) is 2. The third-order valence-electron chi connectivity index (χ3n) is 4.15. The summed E-state index contributed by atoms with van der Waals surface area (Å²) in [5, 5.41) is 33.1. The number of hydrogen-bond donors (Lipinski definition) is 6. The molecule has 0 bridgehead atoms. The maximum absolute atomic E-state index is 12.6. The van der Waals surface area contributed by atoms with Gasteiger partial charge in [0.2, 0.25) is 11.8 Å². The number of amides is 2. The van der Waals surface area contributed by atoms with Gasteiger partial charge in [-0.15, -0.1) is 0 Å². The van der Waals surface area contributed by atoms with E-state index < -0.39 is 42.0 Å². The van der Waals surface area contributed by atoms with Crippen LogP contribution in [0.5, 0.6) is 5.75 Å². The summed E-state index contributed by atoms with van der Waals surface area (Å²) in [4.78, 5) is 36.3. The molecule has 9 nitrogen and oxygen atoms in total. The van der Waals surface area contributed by atoms with Crippen molar-refractivity contribution in [3.63, 3.8) is 0 Å². The van der Waals surface area contributed by atoms with Gasteiger partial charge in [-0.3, -0.25) is 9.59 Å². The molecule has 0 heterocycles. The van der Waals surface area contributed by atoms with E-state index in [0.717, 1.165) is 0 Å². The molecule has 0 saturated carbocycles. The van der Waals surface area contributed by atoms with Gasteiger partial charge in [0.15, 0.2) is 0 Å². The number of phenols is 1. The molecule has 0 aliphatic carbocycles. The van der Waals surface area contributed by atoms with Crippen LogP contribution < -0.4 is 16.4 Å². The summed E-state index contributed by atoms with van der Waals surface area (Å²) in [6.07, 6.45) is -0.809. The fraction of sp³-hybridized carbons (Fsp3) is 0.526. The highest BCUT2D eigenvalue weighted by molar-refractivity contribution is 5.92. The minimum Gasteiger partial charge on any atom is -0.508 e. The maximum atomic E-state index is 12.6. The number of aliphatic carboxylic acids is 1. The number of aliphatic hydroxyl groups excluding tert-OH is 1. The molecule has 0 aliphatic heterocycles. The highest BCUT2D eigenvalue weighted by Crippen LogP contribution is 2.12. The molecule has 9 heteroatoms. The van der Waals surface area contributed by atoms with Gasteiger partial charge in [-0.2, -0.15) is 0 Å². The van der Waals surface area contributed by atoms with Gasteiger partial charge in [0.1, 0.15) is 23.9 Å². The minimum absolute atomic E-state index is 0.0108. The van der Waals surface area contributed by atoms with Gasteiger partial charge >= 0.3 is 5.97 Å². The smallest absolute Gasteiger partial charge is 0.326 e. The molecule has 0 aromatic heterocycles. The number of benzene rings is 1. The molecule has 0 fully saturated rings. The van der Waals surface area contributed by atoms with Crippen molar-refractivity contribution >= 4 is 17.8 Å². The number of nitrogens with two attached hydrogens (primary N) is 1. The van der Waals surface area contributed by atoms with Crippen molar-refractivity contribution in [2.75, 3.05) is 0 Å². The van der Waals surface area contributed by atoms with Crippen LogP contribution in [0.4, 0.5) is 0 Å². The molecule has 1 rings (SSSR count). The zero-order valence-electron chi connectivity index (χ0n) is 16.3. The van der Waals surface area contributed by atoms with Gasteiger partial charge in [-0.1, -0.05) is 26.0 Å². The first-order chi connectivity index (χ1) is 13.0. The van der Waals surface area contributed by atoms with E-state index >= 15 is 0 Å². The first-order valence-electron chi connectivity index (χ1n) is 9.06. The van der Waals surface area contributed by atoms with E-state index in [1.54, 1.807) is 12.1 Å². The highest BCUT2D eigenvalue weighted by atomic mass is 16.4. The SMILES string of the molecule is CC(C)CC(NC(=O)C(N)C(C)O)C(=O)NC(Cc1ccc(O)cc1)C(=O)O. The average molecular weight is 395 g/mol. The molecule has 0 saturated heterocycles. The Morgan fingerprint density at radius 3 is 2.00 bits per heavy atom. The van der Waals surface area contributed by atoms with E-state index in [0.29, 0.717) is 5.56 Å². The first-order valence-corrected chi connectivity index (χ1v) is 9.06. The van der Waals surface area contributed by atoms with Crippen molar-refractivity contribution in [1.82, 2.24) is 10.6 Å². The number of carbonyl (C=O) groups is 3. The molecule has 2 amide bonds. The lowest BCUT2D eigenvalue weighted by Crippen LogP contribution is -2.56. The molecule has 1 aromatic carbocycles. The Bertz CT molecular complexity index is 675. The van der Waals surface area contributed by atoms with Crippen LogP contribution in [0.2, 0.25) is 0 Å². The second kappa shape index (κ2) is 10.6. The summed E-state index contributed by atoms with van der Waals surface area (Å²) in [5.74, 6) is -2.48. The molecule has 0 radical (unpaired) electrons. The summed E-state index contributed by atoms with van der Waals surface area (Å²) in [5.41, 5.74) is 6.21. The zero-order valence-corrected chi connectivity index (χ0v) is 16.3. The van der Waals surface area contributed by atoms with Gasteiger partial charge in [-0.25, -0.2) is 4.79 Å². The Labute approximate surface area is 163 Å². The Kier molecular flexibility index (Phi) is 8.87. The van der Waals surface area contributed by atoms with E-state index in [4.69, 9.17) is 5.73 Å². The van der Waals surface area contributed by atoms with Crippen molar-refractivity contribution in [1.29, 1.82) is 0 Å². The van der Waals surface area contributed by atoms with Crippen LogP contribution in [-0.4, -0.2) is 57.3 Å². The predicted molar refractivity (Wildman–Crippen MR) is 102 cm³/mol. The van der Waals surface area contributed by atoms with E-state index in [-0.39, 0.29) is 24.5 Å². The number of aromatic hydroxyl groups is 1. The third-order valence-corrected chi connectivity index (χ3v) is 4.15. The number of rotatable bonds is 10. The van der Waals surface area contributed by atoms with E-state index in [9.17, 15) is 29.7 Å². The van der Waals surface area contributed by atoms with E-state index in [2.05, 4.69) is 10.6 Å². The molecule has 156 valence electrons.